The Morgan fingerprint density at radius 3 is 2.77 bits per heavy atom. The van der Waals surface area contributed by atoms with Crippen molar-refractivity contribution in [1.82, 2.24) is 15.8 Å². The third-order valence-electron chi connectivity index (χ3n) is 3.90. The van der Waals surface area contributed by atoms with Gasteiger partial charge >= 0.3 is 0 Å². The lowest BCUT2D eigenvalue weighted by atomic mass is 10.00. The number of rotatable bonds is 5. The summed E-state index contributed by atoms with van der Waals surface area (Å²) in [4.78, 5) is 4.29. The molecule has 0 aromatic carbocycles. The molecule has 0 radical (unpaired) electrons. The SMILES string of the molecule is CN=C(NCC1CCCS1)NCC(C)c1c(C)noc1C.I. The molecule has 2 unspecified atom stereocenters. The van der Waals surface area contributed by atoms with E-state index in [2.05, 4.69) is 39.5 Å². The van der Waals surface area contributed by atoms with Crippen LogP contribution in [0.4, 0.5) is 0 Å². The minimum atomic E-state index is 0. The van der Waals surface area contributed by atoms with Gasteiger partial charge in [-0.15, -0.1) is 24.0 Å². The summed E-state index contributed by atoms with van der Waals surface area (Å²) in [6, 6.07) is 0. The standard InChI is InChI=1S/C15H26N4OS.HI/c1-10(14-11(2)19-20-12(14)3)8-17-15(16-4)18-9-13-6-5-7-21-13;/h10,13H,5-9H2,1-4H3,(H2,16,17,18);1H. The number of halogens is 1. The lowest BCUT2D eigenvalue weighted by Gasteiger charge is -2.17. The van der Waals surface area contributed by atoms with Gasteiger partial charge in [0.2, 0.25) is 0 Å². The molecule has 0 saturated carbocycles. The fourth-order valence-electron chi connectivity index (χ4n) is 2.78. The lowest BCUT2D eigenvalue weighted by Crippen LogP contribution is -2.41. The van der Waals surface area contributed by atoms with Gasteiger partial charge in [-0.25, -0.2) is 0 Å². The summed E-state index contributed by atoms with van der Waals surface area (Å²) in [6.07, 6.45) is 2.65. The Morgan fingerprint density at radius 1 is 1.45 bits per heavy atom. The Kier molecular flexibility index (Phi) is 8.59. The molecule has 5 nitrogen and oxygen atoms in total. The second kappa shape index (κ2) is 9.64. The van der Waals surface area contributed by atoms with Crippen molar-refractivity contribution in [1.29, 1.82) is 0 Å². The zero-order valence-corrected chi connectivity index (χ0v) is 17.0. The van der Waals surface area contributed by atoms with E-state index in [9.17, 15) is 0 Å². The minimum absolute atomic E-state index is 0. The van der Waals surface area contributed by atoms with Crippen molar-refractivity contribution in [3.63, 3.8) is 0 Å². The van der Waals surface area contributed by atoms with Crippen LogP contribution in [0.3, 0.4) is 0 Å². The van der Waals surface area contributed by atoms with Gasteiger partial charge < -0.3 is 15.2 Å². The normalized spacial score (nSPS) is 19.6. The molecule has 1 saturated heterocycles. The van der Waals surface area contributed by atoms with E-state index in [0.29, 0.717) is 5.92 Å². The van der Waals surface area contributed by atoms with E-state index in [1.807, 2.05) is 20.9 Å². The summed E-state index contributed by atoms with van der Waals surface area (Å²) < 4.78 is 5.24. The van der Waals surface area contributed by atoms with Crippen LogP contribution in [0, 0.1) is 13.8 Å². The summed E-state index contributed by atoms with van der Waals surface area (Å²) in [5, 5.41) is 11.6. The highest BCUT2D eigenvalue weighted by molar-refractivity contribution is 14.0. The molecule has 1 aromatic heterocycles. The number of nitrogens with one attached hydrogen (secondary N) is 2. The summed E-state index contributed by atoms with van der Waals surface area (Å²) in [5.41, 5.74) is 2.18. The first kappa shape index (κ1) is 19.6. The number of hydrogen-bond donors (Lipinski definition) is 2. The molecule has 126 valence electrons. The smallest absolute Gasteiger partial charge is 0.191 e. The van der Waals surface area contributed by atoms with Crippen LogP contribution in [-0.4, -0.2) is 42.3 Å². The molecule has 2 atom stereocenters. The van der Waals surface area contributed by atoms with Crippen LogP contribution in [0.2, 0.25) is 0 Å². The summed E-state index contributed by atoms with van der Waals surface area (Å²) in [6.45, 7) is 7.95. The van der Waals surface area contributed by atoms with Gasteiger partial charge in [-0.3, -0.25) is 4.99 Å². The zero-order valence-electron chi connectivity index (χ0n) is 13.8. The molecule has 1 aliphatic rings. The molecule has 0 amide bonds. The molecule has 2 N–H and O–H groups in total. The van der Waals surface area contributed by atoms with Crippen LogP contribution in [-0.2, 0) is 0 Å². The van der Waals surface area contributed by atoms with Gasteiger partial charge in [0.15, 0.2) is 5.96 Å². The zero-order chi connectivity index (χ0) is 15.2. The van der Waals surface area contributed by atoms with E-state index >= 15 is 0 Å². The molecular formula is C15H27IN4OS. The number of aromatic nitrogens is 1. The molecule has 1 fully saturated rings. The molecule has 2 heterocycles. The van der Waals surface area contributed by atoms with Gasteiger partial charge in [0, 0.05) is 36.9 Å². The van der Waals surface area contributed by atoms with Gasteiger partial charge in [0.1, 0.15) is 5.76 Å². The highest BCUT2D eigenvalue weighted by atomic mass is 127. The number of guanidine groups is 1. The Morgan fingerprint density at radius 2 is 2.23 bits per heavy atom. The highest BCUT2D eigenvalue weighted by Crippen LogP contribution is 2.25. The van der Waals surface area contributed by atoms with Crippen LogP contribution in [0.15, 0.2) is 9.52 Å². The monoisotopic (exact) mass is 438 g/mol. The van der Waals surface area contributed by atoms with Crippen molar-refractivity contribution in [2.24, 2.45) is 4.99 Å². The number of thioether (sulfide) groups is 1. The van der Waals surface area contributed by atoms with Crippen molar-refractivity contribution in [2.75, 3.05) is 25.9 Å². The van der Waals surface area contributed by atoms with Crippen LogP contribution < -0.4 is 10.6 Å². The maximum absolute atomic E-state index is 5.24. The van der Waals surface area contributed by atoms with E-state index in [4.69, 9.17) is 4.52 Å². The van der Waals surface area contributed by atoms with Gasteiger partial charge in [0.25, 0.3) is 0 Å². The van der Waals surface area contributed by atoms with E-state index in [1.54, 1.807) is 0 Å². The van der Waals surface area contributed by atoms with Gasteiger partial charge in [-0.1, -0.05) is 12.1 Å². The highest BCUT2D eigenvalue weighted by Gasteiger charge is 2.18. The van der Waals surface area contributed by atoms with Gasteiger partial charge in [-0.05, 0) is 32.4 Å². The Bertz CT molecular complexity index is 466. The predicted molar refractivity (Wildman–Crippen MR) is 105 cm³/mol. The van der Waals surface area contributed by atoms with Crippen molar-refractivity contribution < 1.29 is 4.52 Å². The van der Waals surface area contributed by atoms with E-state index in [1.165, 1.54) is 24.2 Å². The number of aliphatic imine (C=N–C) groups is 1. The second-order valence-electron chi connectivity index (χ2n) is 5.61. The Labute approximate surface area is 154 Å². The van der Waals surface area contributed by atoms with Crippen molar-refractivity contribution in [3.05, 3.63) is 17.0 Å². The van der Waals surface area contributed by atoms with Crippen LogP contribution in [0.1, 0.15) is 42.7 Å². The average Bonchev–Trinajstić information content (AvgIpc) is 3.09. The van der Waals surface area contributed by atoms with Crippen molar-refractivity contribution in [3.8, 4) is 0 Å². The number of hydrogen-bond acceptors (Lipinski definition) is 4. The first-order valence-corrected chi connectivity index (χ1v) is 8.65. The molecule has 0 spiro atoms. The molecule has 1 aliphatic heterocycles. The molecule has 0 bridgehead atoms. The van der Waals surface area contributed by atoms with Crippen molar-refractivity contribution in [2.45, 2.75) is 44.8 Å². The quantitative estimate of drug-likeness (QED) is 0.421. The largest absolute Gasteiger partial charge is 0.361 e. The molecule has 0 aliphatic carbocycles. The summed E-state index contributed by atoms with van der Waals surface area (Å²) in [7, 11) is 1.82. The van der Waals surface area contributed by atoms with Crippen LogP contribution in [0.5, 0.6) is 0 Å². The Balaban J connectivity index is 0.00000242. The maximum atomic E-state index is 5.24. The molecule has 1 aromatic rings. The fourth-order valence-corrected chi connectivity index (χ4v) is 3.98. The Hall–Kier alpha value is -0.440. The van der Waals surface area contributed by atoms with Crippen LogP contribution in [0.25, 0.3) is 0 Å². The van der Waals surface area contributed by atoms with E-state index in [-0.39, 0.29) is 24.0 Å². The number of aryl methyl sites for hydroxylation is 2. The lowest BCUT2D eigenvalue weighted by molar-refractivity contribution is 0.391. The van der Waals surface area contributed by atoms with Crippen LogP contribution >= 0.6 is 35.7 Å². The van der Waals surface area contributed by atoms with Crippen molar-refractivity contribution >= 4 is 41.7 Å². The maximum Gasteiger partial charge on any atom is 0.191 e. The average molecular weight is 438 g/mol. The fraction of sp³-hybridized carbons (Fsp3) is 0.733. The van der Waals surface area contributed by atoms with Gasteiger partial charge in [0.05, 0.1) is 5.69 Å². The third kappa shape index (κ3) is 5.33. The number of nitrogens with zero attached hydrogens (tertiary/aromatic N) is 2. The minimum Gasteiger partial charge on any atom is -0.361 e. The third-order valence-corrected chi connectivity index (χ3v) is 5.30. The molecular weight excluding hydrogens is 411 g/mol. The second-order valence-corrected chi connectivity index (χ2v) is 7.02. The first-order chi connectivity index (χ1) is 10.1. The molecule has 2 rings (SSSR count). The van der Waals surface area contributed by atoms with E-state index in [0.717, 1.165) is 35.8 Å². The summed E-state index contributed by atoms with van der Waals surface area (Å²) in [5.74, 6) is 3.42. The predicted octanol–water partition coefficient (Wildman–Crippen LogP) is 3.07. The van der Waals surface area contributed by atoms with E-state index < -0.39 is 0 Å². The molecule has 22 heavy (non-hydrogen) atoms. The topological polar surface area (TPSA) is 62.5 Å². The summed E-state index contributed by atoms with van der Waals surface area (Å²) >= 11 is 2.06. The van der Waals surface area contributed by atoms with Gasteiger partial charge in [-0.2, -0.15) is 11.8 Å². The molecule has 7 heteroatoms. The first-order valence-electron chi connectivity index (χ1n) is 7.60.